The van der Waals surface area contributed by atoms with Gasteiger partial charge in [-0.1, -0.05) is 127 Å². The van der Waals surface area contributed by atoms with Crippen molar-refractivity contribution >= 4 is 22.8 Å². The predicted molar refractivity (Wildman–Crippen MR) is 180 cm³/mol. The second kappa shape index (κ2) is 12.1. The van der Waals surface area contributed by atoms with E-state index in [9.17, 15) is 13.2 Å². The van der Waals surface area contributed by atoms with Crippen LogP contribution in [0.5, 0.6) is 0 Å². The monoisotopic (exact) mass is 645 g/mol. The smallest absolute Gasteiger partial charge is 0.286 e. The zero-order valence-electron chi connectivity index (χ0n) is 24.9. The van der Waals surface area contributed by atoms with Crippen LogP contribution in [-0.2, 0) is 18.3 Å². The molecule has 0 aliphatic carbocycles. The third-order valence-corrected chi connectivity index (χ3v) is 8.67. The number of hydrogen-bond donors (Lipinski definition) is 0. The zero-order valence-corrected chi connectivity index (χ0v) is 25.7. The van der Waals surface area contributed by atoms with E-state index in [-0.39, 0.29) is 12.2 Å². The van der Waals surface area contributed by atoms with Crippen molar-refractivity contribution in [2.24, 2.45) is 0 Å². The maximum atomic E-state index is 15.1. The summed E-state index contributed by atoms with van der Waals surface area (Å²) >= 11 is 6.35. The van der Waals surface area contributed by atoms with E-state index in [1.54, 1.807) is 33.4 Å². The highest BCUT2D eigenvalue weighted by Gasteiger charge is 2.42. The minimum absolute atomic E-state index is 0.158. The van der Waals surface area contributed by atoms with Gasteiger partial charge in [-0.2, -0.15) is 13.2 Å². The molecule has 8 heteroatoms. The van der Waals surface area contributed by atoms with Gasteiger partial charge in [0.15, 0.2) is 5.65 Å². The molecule has 2 aromatic heterocycles. The summed E-state index contributed by atoms with van der Waals surface area (Å²) in [7, 11) is 0. The number of halogens is 4. The quantitative estimate of drug-likeness (QED) is 0.162. The van der Waals surface area contributed by atoms with Crippen LogP contribution in [0.2, 0.25) is 5.02 Å². The molecule has 0 spiro atoms. The van der Waals surface area contributed by atoms with Crippen LogP contribution in [0.3, 0.4) is 0 Å². The van der Waals surface area contributed by atoms with Crippen LogP contribution >= 0.6 is 11.6 Å². The third-order valence-electron chi connectivity index (χ3n) is 8.44. The molecule has 4 nitrogen and oxygen atoms in total. The Kier molecular flexibility index (Phi) is 7.78. The Balaban J connectivity index is 1.59. The van der Waals surface area contributed by atoms with Crippen LogP contribution in [0.4, 0.5) is 13.2 Å². The van der Waals surface area contributed by atoms with Gasteiger partial charge in [-0.25, -0.2) is 9.78 Å². The van der Waals surface area contributed by atoms with Crippen molar-refractivity contribution in [3.8, 4) is 11.1 Å². The van der Waals surface area contributed by atoms with Gasteiger partial charge in [0.05, 0.1) is 17.6 Å². The lowest BCUT2D eigenvalue weighted by atomic mass is 9.76. The second-order valence-corrected chi connectivity index (χ2v) is 11.7. The Morgan fingerprint density at radius 2 is 1.17 bits per heavy atom. The third kappa shape index (κ3) is 5.42. The van der Waals surface area contributed by atoms with Crippen molar-refractivity contribution in [3.05, 3.63) is 195 Å². The van der Waals surface area contributed by atoms with Crippen molar-refractivity contribution in [1.82, 2.24) is 14.1 Å². The van der Waals surface area contributed by atoms with Crippen molar-refractivity contribution in [2.75, 3.05) is 0 Å². The van der Waals surface area contributed by atoms with Crippen LogP contribution in [0.25, 0.3) is 22.3 Å². The van der Waals surface area contributed by atoms with E-state index in [1.807, 2.05) is 103 Å². The van der Waals surface area contributed by atoms with E-state index in [0.29, 0.717) is 27.3 Å². The summed E-state index contributed by atoms with van der Waals surface area (Å²) in [6, 6.07) is 43.4. The average molecular weight is 646 g/mol. The Bertz CT molecular complexity index is 2150. The van der Waals surface area contributed by atoms with Crippen LogP contribution < -0.4 is 5.69 Å². The van der Waals surface area contributed by atoms with Gasteiger partial charge in [-0.05, 0) is 58.1 Å². The van der Waals surface area contributed by atoms with E-state index in [4.69, 9.17) is 16.6 Å². The molecule has 7 aromatic rings. The number of hydrogen-bond acceptors (Lipinski definition) is 2. The average Bonchev–Trinajstić information content (AvgIpc) is 3.36. The Morgan fingerprint density at radius 1 is 0.617 bits per heavy atom. The molecule has 0 bridgehead atoms. The summed E-state index contributed by atoms with van der Waals surface area (Å²) in [5, 5.41) is 0.522. The summed E-state index contributed by atoms with van der Waals surface area (Å²) in [6.45, 7) is 0.158. The molecule has 7 rings (SSSR count). The van der Waals surface area contributed by atoms with E-state index < -0.39 is 17.3 Å². The largest absolute Gasteiger partial charge is 0.416 e. The Morgan fingerprint density at radius 3 is 1.72 bits per heavy atom. The standard InChI is InChI=1S/C39H27ClF3N3O/c40-34-21-10-12-27(22-34)26-45-35-24-29(28-13-11-20-33(23-28)39(41,42)43)25-44-36(35)46(37(45)47)38(30-14-4-1-5-15-30,31-16-6-2-7-17-31)32-18-8-3-9-19-32/h1-25H,26H2. The fraction of sp³-hybridized carbons (Fsp3) is 0.0769. The number of imidazole rings is 1. The number of aromatic nitrogens is 3. The molecule has 0 aliphatic heterocycles. The molecule has 0 aliphatic rings. The fourth-order valence-electron chi connectivity index (χ4n) is 6.36. The van der Waals surface area contributed by atoms with Crippen LogP contribution in [0, 0.1) is 0 Å². The first-order valence-corrected chi connectivity index (χ1v) is 15.3. The number of rotatable bonds is 7. The molecule has 0 saturated heterocycles. The molecule has 5 aromatic carbocycles. The summed E-state index contributed by atoms with van der Waals surface area (Å²) in [5.41, 5.74) is 2.66. The number of pyridine rings is 1. The molecular formula is C39H27ClF3N3O. The highest BCUT2D eigenvalue weighted by Crippen LogP contribution is 2.42. The van der Waals surface area contributed by atoms with Gasteiger partial charge in [0.25, 0.3) is 0 Å². The maximum absolute atomic E-state index is 15.1. The van der Waals surface area contributed by atoms with Gasteiger partial charge in [0.2, 0.25) is 0 Å². The molecule has 0 amide bonds. The van der Waals surface area contributed by atoms with Crippen molar-refractivity contribution < 1.29 is 13.2 Å². The fourth-order valence-corrected chi connectivity index (χ4v) is 6.58. The minimum Gasteiger partial charge on any atom is -0.286 e. The second-order valence-electron chi connectivity index (χ2n) is 11.3. The number of alkyl halides is 3. The first-order chi connectivity index (χ1) is 22.8. The topological polar surface area (TPSA) is 39.8 Å². The van der Waals surface area contributed by atoms with E-state index >= 15 is 4.79 Å². The van der Waals surface area contributed by atoms with E-state index in [1.165, 1.54) is 12.3 Å². The molecule has 0 radical (unpaired) electrons. The number of nitrogens with zero attached hydrogens (tertiary/aromatic N) is 3. The minimum atomic E-state index is -4.51. The predicted octanol–water partition coefficient (Wildman–Crippen LogP) is 9.43. The lowest BCUT2D eigenvalue weighted by Crippen LogP contribution is -2.44. The summed E-state index contributed by atoms with van der Waals surface area (Å²) in [4.78, 5) is 19.9. The Hall–Kier alpha value is -5.40. The van der Waals surface area contributed by atoms with E-state index in [2.05, 4.69) is 0 Å². The first-order valence-electron chi connectivity index (χ1n) is 15.0. The van der Waals surface area contributed by atoms with E-state index in [0.717, 1.165) is 34.4 Å². The highest BCUT2D eigenvalue weighted by atomic mass is 35.5. The van der Waals surface area contributed by atoms with Crippen molar-refractivity contribution in [3.63, 3.8) is 0 Å². The van der Waals surface area contributed by atoms with Crippen LogP contribution in [-0.4, -0.2) is 14.1 Å². The molecule has 47 heavy (non-hydrogen) atoms. The first kappa shape index (κ1) is 30.3. The molecular weight excluding hydrogens is 619 g/mol. The maximum Gasteiger partial charge on any atom is 0.416 e. The highest BCUT2D eigenvalue weighted by molar-refractivity contribution is 6.30. The molecule has 0 fully saturated rings. The van der Waals surface area contributed by atoms with Crippen molar-refractivity contribution in [1.29, 1.82) is 0 Å². The Labute approximate surface area is 274 Å². The summed E-state index contributed by atoms with van der Waals surface area (Å²) in [5.74, 6) is 0. The summed E-state index contributed by atoms with van der Waals surface area (Å²) in [6.07, 6.45) is -2.98. The molecule has 0 atom stereocenters. The van der Waals surface area contributed by atoms with Crippen LogP contribution in [0.1, 0.15) is 27.8 Å². The van der Waals surface area contributed by atoms with Gasteiger partial charge >= 0.3 is 11.9 Å². The molecule has 2 heterocycles. The van der Waals surface area contributed by atoms with Gasteiger partial charge in [0.1, 0.15) is 5.54 Å². The van der Waals surface area contributed by atoms with Gasteiger partial charge in [-0.15, -0.1) is 0 Å². The summed E-state index contributed by atoms with van der Waals surface area (Å²) < 4.78 is 44.3. The van der Waals surface area contributed by atoms with Gasteiger partial charge < -0.3 is 0 Å². The lowest BCUT2D eigenvalue weighted by molar-refractivity contribution is -0.137. The molecule has 0 N–H and O–H groups in total. The SMILES string of the molecule is O=c1n(Cc2cccc(Cl)c2)c2cc(-c3cccc(C(F)(F)F)c3)cnc2n1C(c1ccccc1)(c1ccccc1)c1ccccc1. The zero-order chi connectivity index (χ0) is 32.6. The van der Waals surface area contributed by atoms with Gasteiger partial charge in [-0.3, -0.25) is 9.13 Å². The van der Waals surface area contributed by atoms with Gasteiger partial charge in [0, 0.05) is 16.8 Å². The lowest BCUT2D eigenvalue weighted by Gasteiger charge is -2.37. The number of fused-ring (bicyclic) bond motifs is 1. The molecule has 0 unspecified atom stereocenters. The number of benzene rings is 5. The van der Waals surface area contributed by atoms with Crippen LogP contribution in [0.15, 0.2) is 157 Å². The van der Waals surface area contributed by atoms with Crippen molar-refractivity contribution in [2.45, 2.75) is 18.3 Å². The molecule has 0 saturated carbocycles. The normalized spacial score (nSPS) is 12.0. The molecule has 232 valence electrons.